The first-order valence-electron chi connectivity index (χ1n) is 8.13. The number of Topliss-reactive ketones (excluding diaryl/α,β-unsaturated/α-hetero) is 1. The number of amides is 1. The number of ether oxygens (including phenoxy) is 1. The van der Waals surface area contributed by atoms with Crippen LogP contribution in [0.3, 0.4) is 0 Å². The van der Waals surface area contributed by atoms with Crippen molar-refractivity contribution in [2.75, 3.05) is 19.6 Å². The summed E-state index contributed by atoms with van der Waals surface area (Å²) in [4.78, 5) is 23.7. The Balaban J connectivity index is 2.42. The molecule has 3 N–H and O–H groups in total. The number of carbonyl (C=O) groups excluding carboxylic acids is 2. The third-order valence-electron chi connectivity index (χ3n) is 3.45. The van der Waals surface area contributed by atoms with E-state index in [4.69, 9.17) is 4.74 Å². The van der Waals surface area contributed by atoms with Gasteiger partial charge in [-0.2, -0.15) is 0 Å². The van der Waals surface area contributed by atoms with E-state index in [1.807, 2.05) is 13.0 Å². The lowest BCUT2D eigenvalue weighted by Gasteiger charge is -2.28. The first kappa shape index (κ1) is 20.1. The lowest BCUT2D eigenvalue weighted by Crippen LogP contribution is -2.50. The number of nitrogens with one attached hydrogen (secondary N) is 2. The van der Waals surface area contributed by atoms with E-state index >= 15 is 0 Å². The van der Waals surface area contributed by atoms with Crippen molar-refractivity contribution in [2.24, 2.45) is 0 Å². The Kier molecular flexibility index (Phi) is 7.38. The van der Waals surface area contributed by atoms with Crippen molar-refractivity contribution >= 4 is 11.9 Å². The summed E-state index contributed by atoms with van der Waals surface area (Å²) < 4.78 is 5.14. The monoisotopic (exact) mass is 336 g/mol. The maximum atomic E-state index is 12.0. The molecular weight excluding hydrogens is 308 g/mol. The third kappa shape index (κ3) is 7.57. The highest BCUT2D eigenvalue weighted by molar-refractivity contribution is 5.97. The fraction of sp³-hybridized carbons (Fsp3) is 0.556. The van der Waals surface area contributed by atoms with Crippen LogP contribution in [0.25, 0.3) is 0 Å². The third-order valence-corrected chi connectivity index (χ3v) is 3.45. The molecule has 0 fully saturated rings. The average Bonchev–Trinajstić information content (AvgIpc) is 2.52. The van der Waals surface area contributed by atoms with Crippen molar-refractivity contribution < 1.29 is 19.4 Å². The number of ketones is 1. The van der Waals surface area contributed by atoms with E-state index in [0.29, 0.717) is 12.0 Å². The van der Waals surface area contributed by atoms with Crippen LogP contribution in [0.2, 0.25) is 0 Å². The van der Waals surface area contributed by atoms with Crippen molar-refractivity contribution in [3.8, 4) is 0 Å². The van der Waals surface area contributed by atoms with Gasteiger partial charge in [0.15, 0.2) is 5.78 Å². The summed E-state index contributed by atoms with van der Waals surface area (Å²) >= 11 is 0. The fourth-order valence-corrected chi connectivity index (χ4v) is 2.00. The second-order valence-corrected chi connectivity index (χ2v) is 6.83. The van der Waals surface area contributed by atoms with Gasteiger partial charge in [0.25, 0.3) is 0 Å². The molecule has 0 heterocycles. The summed E-state index contributed by atoms with van der Waals surface area (Å²) in [5, 5.41) is 16.0. The fourth-order valence-electron chi connectivity index (χ4n) is 2.00. The Hall–Kier alpha value is -1.92. The molecule has 134 valence electrons. The molecule has 0 aliphatic carbocycles. The summed E-state index contributed by atoms with van der Waals surface area (Å²) in [6.07, 6.45) is -0.148. The van der Waals surface area contributed by atoms with E-state index in [2.05, 4.69) is 10.6 Å². The number of rotatable bonds is 8. The van der Waals surface area contributed by atoms with E-state index in [1.165, 1.54) is 0 Å². The maximum Gasteiger partial charge on any atom is 0.407 e. The summed E-state index contributed by atoms with van der Waals surface area (Å²) in [6.45, 7) is 7.50. The number of alkyl carbamates (subject to hydrolysis) is 1. The number of hydrogen-bond donors (Lipinski definition) is 3. The second-order valence-electron chi connectivity index (χ2n) is 6.83. The normalized spacial score (nSPS) is 13.9. The molecule has 0 aliphatic heterocycles. The van der Waals surface area contributed by atoms with Crippen LogP contribution in [-0.2, 0) is 4.74 Å². The van der Waals surface area contributed by atoms with Gasteiger partial charge in [-0.05, 0) is 27.2 Å². The van der Waals surface area contributed by atoms with Gasteiger partial charge in [-0.3, -0.25) is 4.79 Å². The smallest absolute Gasteiger partial charge is 0.407 e. The summed E-state index contributed by atoms with van der Waals surface area (Å²) in [5.74, 6) is -0.0471. The van der Waals surface area contributed by atoms with E-state index in [0.717, 1.165) is 0 Å². The average molecular weight is 336 g/mol. The summed E-state index contributed by atoms with van der Waals surface area (Å²) in [6, 6.07) is 8.96. The molecule has 1 aromatic carbocycles. The Bertz CT molecular complexity index is 540. The predicted molar refractivity (Wildman–Crippen MR) is 93.1 cm³/mol. The second kappa shape index (κ2) is 8.80. The molecular formula is C18H28N2O4. The lowest BCUT2D eigenvalue weighted by atomic mass is 10.0. The molecule has 0 saturated heterocycles. The molecule has 1 amide bonds. The Morgan fingerprint density at radius 1 is 1.12 bits per heavy atom. The van der Waals surface area contributed by atoms with Gasteiger partial charge < -0.3 is 20.5 Å². The van der Waals surface area contributed by atoms with Crippen LogP contribution >= 0.6 is 0 Å². The van der Waals surface area contributed by atoms with Gasteiger partial charge in [0.1, 0.15) is 5.60 Å². The Morgan fingerprint density at radius 2 is 1.75 bits per heavy atom. The van der Waals surface area contributed by atoms with Gasteiger partial charge in [0.05, 0.1) is 18.7 Å². The van der Waals surface area contributed by atoms with Crippen LogP contribution in [0.1, 0.15) is 44.5 Å². The SMILES string of the molecule is CCC(O)(CNCC(=O)c1ccccc1)CNC(=O)OC(C)(C)C. The Labute approximate surface area is 143 Å². The summed E-state index contributed by atoms with van der Waals surface area (Å²) in [7, 11) is 0. The number of hydrogen-bond acceptors (Lipinski definition) is 5. The van der Waals surface area contributed by atoms with Crippen LogP contribution in [0.15, 0.2) is 30.3 Å². The van der Waals surface area contributed by atoms with E-state index in [9.17, 15) is 14.7 Å². The molecule has 0 bridgehead atoms. The van der Waals surface area contributed by atoms with Gasteiger partial charge in [0, 0.05) is 12.1 Å². The standard InChI is InChI=1S/C18H28N2O4/c1-5-18(23,13-20-16(22)24-17(2,3)4)12-19-11-15(21)14-9-7-6-8-10-14/h6-10,19,23H,5,11-13H2,1-4H3,(H,20,22). The highest BCUT2D eigenvalue weighted by Gasteiger charge is 2.26. The van der Waals surface area contributed by atoms with E-state index < -0.39 is 17.3 Å². The number of benzene rings is 1. The van der Waals surface area contributed by atoms with Crippen LogP contribution < -0.4 is 10.6 Å². The van der Waals surface area contributed by atoms with Crippen LogP contribution in [-0.4, -0.2) is 47.8 Å². The molecule has 24 heavy (non-hydrogen) atoms. The summed E-state index contributed by atoms with van der Waals surface area (Å²) in [5.41, 5.74) is -1.11. The van der Waals surface area contributed by atoms with Crippen molar-refractivity contribution in [2.45, 2.75) is 45.3 Å². The predicted octanol–water partition coefficient (Wildman–Crippen LogP) is 2.12. The van der Waals surface area contributed by atoms with Crippen LogP contribution in [0, 0.1) is 0 Å². The molecule has 0 spiro atoms. The minimum Gasteiger partial charge on any atom is -0.444 e. The molecule has 6 nitrogen and oxygen atoms in total. The van der Waals surface area contributed by atoms with Crippen molar-refractivity contribution in [3.05, 3.63) is 35.9 Å². The topological polar surface area (TPSA) is 87.7 Å². The molecule has 1 rings (SSSR count). The Morgan fingerprint density at radius 3 is 2.29 bits per heavy atom. The lowest BCUT2D eigenvalue weighted by molar-refractivity contribution is 0.0219. The highest BCUT2D eigenvalue weighted by atomic mass is 16.6. The van der Waals surface area contributed by atoms with Gasteiger partial charge in [-0.15, -0.1) is 0 Å². The van der Waals surface area contributed by atoms with Crippen LogP contribution in [0.4, 0.5) is 4.79 Å². The van der Waals surface area contributed by atoms with Crippen molar-refractivity contribution in [1.82, 2.24) is 10.6 Å². The van der Waals surface area contributed by atoms with E-state index in [-0.39, 0.29) is 25.4 Å². The zero-order chi connectivity index (χ0) is 18.2. The quantitative estimate of drug-likeness (QED) is 0.633. The van der Waals surface area contributed by atoms with Gasteiger partial charge in [-0.1, -0.05) is 37.3 Å². The van der Waals surface area contributed by atoms with Gasteiger partial charge in [0.2, 0.25) is 0 Å². The zero-order valence-electron chi connectivity index (χ0n) is 14.9. The number of carbonyl (C=O) groups is 2. The van der Waals surface area contributed by atoms with Gasteiger partial charge >= 0.3 is 6.09 Å². The largest absolute Gasteiger partial charge is 0.444 e. The minimum atomic E-state index is -1.14. The number of aliphatic hydroxyl groups is 1. The molecule has 0 saturated carbocycles. The molecule has 0 aliphatic rings. The molecule has 1 unspecified atom stereocenters. The molecule has 1 atom stereocenters. The molecule has 1 aromatic rings. The van der Waals surface area contributed by atoms with Crippen LogP contribution in [0.5, 0.6) is 0 Å². The van der Waals surface area contributed by atoms with Crippen molar-refractivity contribution in [3.63, 3.8) is 0 Å². The van der Waals surface area contributed by atoms with E-state index in [1.54, 1.807) is 45.0 Å². The maximum absolute atomic E-state index is 12.0. The molecule has 0 radical (unpaired) electrons. The first-order valence-corrected chi connectivity index (χ1v) is 8.13. The highest BCUT2D eigenvalue weighted by Crippen LogP contribution is 2.10. The van der Waals surface area contributed by atoms with Crippen molar-refractivity contribution in [1.29, 1.82) is 0 Å². The molecule has 6 heteroatoms. The van der Waals surface area contributed by atoms with Gasteiger partial charge in [-0.25, -0.2) is 4.79 Å². The zero-order valence-corrected chi connectivity index (χ0v) is 14.9. The minimum absolute atomic E-state index is 0.0466. The molecule has 0 aromatic heterocycles. The first-order chi connectivity index (χ1) is 11.2.